The van der Waals surface area contributed by atoms with Crippen molar-refractivity contribution in [2.75, 3.05) is 34.4 Å². The van der Waals surface area contributed by atoms with E-state index in [2.05, 4.69) is 31.0 Å². The number of hydrogen-bond acceptors (Lipinski definition) is 6. The first-order chi connectivity index (χ1) is 16.7. The third-order valence-electron chi connectivity index (χ3n) is 6.84. The van der Waals surface area contributed by atoms with Crippen LogP contribution in [0.2, 0.25) is 0 Å². The number of fused-ring (bicyclic) bond motifs is 1. The standard InChI is InChI=1S/C28H37NO6/c1-18-9-21-11-22(25(21)15-26(18)34-3)16-29(2)8-6-5-7-24(31)12-20-13-27(35-4)23(17-30)10-19(20)14-28(32)33/h9-10,13,15,22,30H,5-8,11-12,14,16-17H2,1-4H3,(H,32,33)/t22-/m1/s1. The van der Waals surface area contributed by atoms with Crippen molar-refractivity contribution < 1.29 is 29.3 Å². The Morgan fingerprint density at radius 2 is 1.71 bits per heavy atom. The molecule has 7 heteroatoms. The topological polar surface area (TPSA) is 96.3 Å². The molecule has 2 N–H and O–H groups in total. The van der Waals surface area contributed by atoms with Gasteiger partial charge in [0.1, 0.15) is 17.3 Å². The highest BCUT2D eigenvalue weighted by Crippen LogP contribution is 2.39. The highest BCUT2D eigenvalue weighted by Gasteiger charge is 2.28. The number of nitrogens with zero attached hydrogens (tertiary/aromatic N) is 1. The van der Waals surface area contributed by atoms with Crippen molar-refractivity contribution in [1.82, 2.24) is 4.90 Å². The zero-order valence-corrected chi connectivity index (χ0v) is 21.2. The molecule has 0 saturated heterocycles. The summed E-state index contributed by atoms with van der Waals surface area (Å²) in [7, 11) is 5.33. The number of ketones is 1. The Balaban J connectivity index is 1.46. The number of aryl methyl sites for hydroxylation is 1. The number of Topliss-reactive ketones (excluding diaryl/α,β-unsaturated/α-hetero) is 1. The summed E-state index contributed by atoms with van der Waals surface area (Å²) in [5.74, 6) is 1.05. The summed E-state index contributed by atoms with van der Waals surface area (Å²) in [6.07, 6.45) is 3.24. The number of ether oxygens (including phenoxy) is 2. The fraction of sp³-hybridized carbons (Fsp3) is 0.500. The predicted molar refractivity (Wildman–Crippen MR) is 134 cm³/mol. The molecule has 0 aromatic heterocycles. The van der Waals surface area contributed by atoms with Crippen molar-refractivity contribution >= 4 is 11.8 Å². The third-order valence-corrected chi connectivity index (χ3v) is 6.84. The van der Waals surface area contributed by atoms with Crippen molar-refractivity contribution in [3.63, 3.8) is 0 Å². The van der Waals surface area contributed by atoms with E-state index in [0.717, 1.165) is 38.1 Å². The molecule has 3 rings (SSSR count). The Labute approximate surface area is 207 Å². The molecule has 0 aliphatic heterocycles. The summed E-state index contributed by atoms with van der Waals surface area (Å²) < 4.78 is 10.8. The number of likely N-dealkylation sites (N-methyl/N-ethyl adjacent to an activating group) is 1. The van der Waals surface area contributed by atoms with E-state index in [1.807, 2.05) is 0 Å². The van der Waals surface area contributed by atoms with Gasteiger partial charge in [0.2, 0.25) is 0 Å². The van der Waals surface area contributed by atoms with Gasteiger partial charge in [-0.15, -0.1) is 0 Å². The average Bonchev–Trinajstić information content (AvgIpc) is 2.81. The molecule has 7 nitrogen and oxygen atoms in total. The highest BCUT2D eigenvalue weighted by atomic mass is 16.5. The lowest BCUT2D eigenvalue weighted by Gasteiger charge is -2.34. The summed E-state index contributed by atoms with van der Waals surface area (Å²) >= 11 is 0. The number of carbonyl (C=O) groups is 2. The molecule has 0 radical (unpaired) electrons. The Morgan fingerprint density at radius 1 is 1.00 bits per heavy atom. The van der Waals surface area contributed by atoms with Gasteiger partial charge in [0.25, 0.3) is 0 Å². The van der Waals surface area contributed by atoms with Gasteiger partial charge in [-0.25, -0.2) is 0 Å². The maximum atomic E-state index is 12.6. The van der Waals surface area contributed by atoms with Gasteiger partial charge in [-0.1, -0.05) is 6.07 Å². The molecule has 0 unspecified atom stereocenters. The molecule has 1 atom stereocenters. The molecule has 190 valence electrons. The van der Waals surface area contributed by atoms with Gasteiger partial charge in [0.15, 0.2) is 0 Å². The molecule has 1 aliphatic carbocycles. The van der Waals surface area contributed by atoms with Gasteiger partial charge in [0.05, 0.1) is 27.2 Å². The van der Waals surface area contributed by atoms with Crippen LogP contribution in [0.15, 0.2) is 24.3 Å². The van der Waals surface area contributed by atoms with Crippen LogP contribution in [0.3, 0.4) is 0 Å². The number of benzene rings is 2. The minimum atomic E-state index is -0.974. The summed E-state index contributed by atoms with van der Waals surface area (Å²) in [5, 5.41) is 18.8. The second-order valence-electron chi connectivity index (χ2n) is 9.52. The van der Waals surface area contributed by atoms with E-state index in [1.165, 1.54) is 23.8 Å². The molecular formula is C28H37NO6. The average molecular weight is 484 g/mol. The van der Waals surface area contributed by atoms with Gasteiger partial charge in [0, 0.05) is 30.9 Å². The van der Waals surface area contributed by atoms with Crippen LogP contribution in [-0.4, -0.2) is 61.2 Å². The second kappa shape index (κ2) is 12.2. The molecule has 0 amide bonds. The van der Waals surface area contributed by atoms with Crippen LogP contribution in [0.25, 0.3) is 0 Å². The fourth-order valence-electron chi connectivity index (χ4n) is 4.94. The number of aliphatic hydroxyl groups excluding tert-OH is 1. The molecule has 2 aromatic rings. The molecule has 0 spiro atoms. The van der Waals surface area contributed by atoms with E-state index in [1.54, 1.807) is 19.2 Å². The van der Waals surface area contributed by atoms with Crippen LogP contribution < -0.4 is 9.47 Å². The van der Waals surface area contributed by atoms with E-state index in [-0.39, 0.29) is 25.2 Å². The number of carboxylic acid groups (broad SMARTS) is 1. The first-order valence-electron chi connectivity index (χ1n) is 12.1. The third kappa shape index (κ3) is 6.83. The SMILES string of the molecule is COc1cc2c(cc1C)C[C@@H]2CN(C)CCCCC(=O)Cc1cc(OC)c(CO)cc1CC(=O)O. The first-order valence-corrected chi connectivity index (χ1v) is 12.1. The van der Waals surface area contributed by atoms with Crippen LogP contribution >= 0.6 is 0 Å². The summed E-state index contributed by atoms with van der Waals surface area (Å²) in [5.41, 5.74) is 5.69. The van der Waals surface area contributed by atoms with E-state index >= 15 is 0 Å². The van der Waals surface area contributed by atoms with Crippen molar-refractivity contribution in [1.29, 1.82) is 0 Å². The minimum Gasteiger partial charge on any atom is -0.496 e. The molecular weight excluding hydrogens is 446 g/mol. The molecule has 0 fully saturated rings. The number of carboxylic acids is 1. The van der Waals surface area contributed by atoms with Gasteiger partial charge in [-0.05, 0) is 85.8 Å². The predicted octanol–water partition coefficient (Wildman–Crippen LogP) is 3.69. The number of unbranched alkanes of at least 4 members (excludes halogenated alkanes) is 1. The lowest BCUT2D eigenvalue weighted by Crippen LogP contribution is -2.31. The summed E-state index contributed by atoms with van der Waals surface area (Å²) in [4.78, 5) is 26.2. The van der Waals surface area contributed by atoms with E-state index < -0.39 is 5.97 Å². The maximum Gasteiger partial charge on any atom is 0.307 e. The zero-order valence-electron chi connectivity index (χ0n) is 21.2. The van der Waals surface area contributed by atoms with Crippen molar-refractivity contribution in [3.05, 3.63) is 57.6 Å². The van der Waals surface area contributed by atoms with Gasteiger partial charge in [-0.3, -0.25) is 9.59 Å². The monoisotopic (exact) mass is 483 g/mol. The molecule has 0 saturated carbocycles. The number of aliphatic carboxylic acids is 1. The van der Waals surface area contributed by atoms with Gasteiger partial charge in [-0.2, -0.15) is 0 Å². The minimum absolute atomic E-state index is 0.0773. The lowest BCUT2D eigenvalue weighted by molar-refractivity contribution is -0.136. The first kappa shape index (κ1) is 26.7. The van der Waals surface area contributed by atoms with E-state index in [4.69, 9.17) is 9.47 Å². The molecule has 2 aromatic carbocycles. The maximum absolute atomic E-state index is 12.6. The number of methoxy groups -OCH3 is 2. The normalized spacial score (nSPS) is 14.4. The van der Waals surface area contributed by atoms with E-state index in [9.17, 15) is 19.8 Å². The Hall–Kier alpha value is -2.90. The number of hydrogen-bond donors (Lipinski definition) is 2. The molecule has 0 bridgehead atoms. The van der Waals surface area contributed by atoms with Crippen LogP contribution in [-0.2, 0) is 35.5 Å². The summed E-state index contributed by atoms with van der Waals surface area (Å²) in [6, 6.07) is 7.71. The highest BCUT2D eigenvalue weighted by molar-refractivity contribution is 5.82. The van der Waals surface area contributed by atoms with Crippen molar-refractivity contribution in [2.24, 2.45) is 0 Å². The van der Waals surface area contributed by atoms with Crippen LogP contribution in [0, 0.1) is 6.92 Å². The van der Waals surface area contributed by atoms with Crippen molar-refractivity contribution in [3.8, 4) is 11.5 Å². The lowest BCUT2D eigenvalue weighted by atomic mass is 9.76. The van der Waals surface area contributed by atoms with Crippen LogP contribution in [0.4, 0.5) is 0 Å². The summed E-state index contributed by atoms with van der Waals surface area (Å²) in [6.45, 7) is 3.73. The molecule has 1 aliphatic rings. The quantitative estimate of drug-likeness (QED) is 0.396. The van der Waals surface area contributed by atoms with E-state index in [0.29, 0.717) is 34.8 Å². The Kier molecular flexibility index (Phi) is 9.29. The number of carbonyl (C=O) groups excluding carboxylic acids is 1. The smallest absolute Gasteiger partial charge is 0.307 e. The van der Waals surface area contributed by atoms with Crippen LogP contribution in [0.1, 0.15) is 58.6 Å². The van der Waals surface area contributed by atoms with Crippen molar-refractivity contribution in [2.45, 2.75) is 58.0 Å². The van der Waals surface area contributed by atoms with Crippen LogP contribution in [0.5, 0.6) is 11.5 Å². The number of aliphatic hydroxyl groups is 1. The number of rotatable bonds is 14. The Morgan fingerprint density at radius 3 is 2.37 bits per heavy atom. The zero-order chi connectivity index (χ0) is 25.5. The molecule has 0 heterocycles. The van der Waals surface area contributed by atoms with Gasteiger partial charge < -0.3 is 24.6 Å². The molecule has 35 heavy (non-hydrogen) atoms. The largest absolute Gasteiger partial charge is 0.496 e. The second-order valence-corrected chi connectivity index (χ2v) is 9.52. The fourth-order valence-corrected chi connectivity index (χ4v) is 4.94. The Bertz CT molecular complexity index is 1060. The van der Waals surface area contributed by atoms with Gasteiger partial charge >= 0.3 is 5.97 Å².